The van der Waals surface area contributed by atoms with Gasteiger partial charge in [-0.2, -0.15) is 4.98 Å². The van der Waals surface area contributed by atoms with Gasteiger partial charge in [-0.05, 0) is 24.3 Å². The molecule has 0 unspecified atom stereocenters. The van der Waals surface area contributed by atoms with Crippen LogP contribution in [0.15, 0.2) is 40.3 Å². The molecule has 3 aromatic rings. The average molecular weight is 322 g/mol. The van der Waals surface area contributed by atoms with Crippen molar-refractivity contribution in [3.8, 4) is 11.4 Å². The van der Waals surface area contributed by atoms with Gasteiger partial charge < -0.3 is 9.09 Å². The Bertz CT molecular complexity index is 724. The molecular formula is C13H12ClN5OS. The van der Waals surface area contributed by atoms with Gasteiger partial charge >= 0.3 is 0 Å². The van der Waals surface area contributed by atoms with Crippen LogP contribution in [0.5, 0.6) is 0 Å². The summed E-state index contributed by atoms with van der Waals surface area (Å²) in [5.74, 6) is 1.98. The van der Waals surface area contributed by atoms with Crippen molar-refractivity contribution in [3.05, 3.63) is 41.5 Å². The normalized spacial score (nSPS) is 11.0. The van der Waals surface area contributed by atoms with Gasteiger partial charge in [0, 0.05) is 29.8 Å². The fourth-order valence-corrected chi connectivity index (χ4v) is 2.65. The third kappa shape index (κ3) is 3.43. The van der Waals surface area contributed by atoms with Gasteiger partial charge in [-0.15, -0.1) is 10.2 Å². The highest BCUT2D eigenvalue weighted by Gasteiger charge is 2.09. The monoisotopic (exact) mass is 321 g/mol. The van der Waals surface area contributed by atoms with Gasteiger partial charge in [0.25, 0.3) is 0 Å². The van der Waals surface area contributed by atoms with Crippen molar-refractivity contribution in [2.45, 2.75) is 11.6 Å². The number of hydrogen-bond acceptors (Lipinski definition) is 6. The lowest BCUT2D eigenvalue weighted by Gasteiger charge is -1.97. The van der Waals surface area contributed by atoms with Crippen LogP contribution in [0, 0.1) is 0 Å². The zero-order valence-electron chi connectivity index (χ0n) is 11.2. The molecular weight excluding hydrogens is 310 g/mol. The highest BCUT2D eigenvalue weighted by molar-refractivity contribution is 7.99. The van der Waals surface area contributed by atoms with Gasteiger partial charge in [-0.25, -0.2) is 0 Å². The van der Waals surface area contributed by atoms with Crippen LogP contribution in [-0.2, 0) is 13.5 Å². The maximum atomic E-state index is 5.85. The first-order valence-electron chi connectivity index (χ1n) is 6.28. The third-order valence-corrected chi connectivity index (χ3v) is 4.08. The zero-order valence-corrected chi connectivity index (χ0v) is 12.8. The quantitative estimate of drug-likeness (QED) is 0.673. The van der Waals surface area contributed by atoms with E-state index in [0.717, 1.165) is 16.5 Å². The second-order valence-electron chi connectivity index (χ2n) is 4.34. The lowest BCUT2D eigenvalue weighted by atomic mass is 10.2. The Kier molecular flexibility index (Phi) is 4.21. The smallest absolute Gasteiger partial charge is 0.227 e. The Morgan fingerprint density at radius 3 is 2.81 bits per heavy atom. The molecule has 6 nitrogen and oxygen atoms in total. The molecule has 0 saturated heterocycles. The Labute approximate surface area is 130 Å². The van der Waals surface area contributed by atoms with Crippen molar-refractivity contribution in [2.75, 3.05) is 5.75 Å². The molecule has 0 fully saturated rings. The Hall–Kier alpha value is -1.86. The highest BCUT2D eigenvalue weighted by Crippen LogP contribution is 2.20. The Morgan fingerprint density at radius 1 is 1.29 bits per heavy atom. The van der Waals surface area contributed by atoms with E-state index in [-0.39, 0.29) is 0 Å². The summed E-state index contributed by atoms with van der Waals surface area (Å²) in [4.78, 5) is 4.37. The number of nitrogens with zero attached hydrogens (tertiary/aromatic N) is 5. The van der Waals surface area contributed by atoms with Crippen LogP contribution in [-0.4, -0.2) is 30.7 Å². The molecule has 0 bridgehead atoms. The topological polar surface area (TPSA) is 69.6 Å². The lowest BCUT2D eigenvalue weighted by Crippen LogP contribution is -1.93. The van der Waals surface area contributed by atoms with E-state index in [9.17, 15) is 0 Å². The fourth-order valence-electron chi connectivity index (χ4n) is 1.71. The number of benzene rings is 1. The SMILES string of the molecule is Cn1cnnc1SCCc1nc(-c2ccc(Cl)cc2)no1. The highest BCUT2D eigenvalue weighted by atomic mass is 35.5. The van der Waals surface area contributed by atoms with E-state index in [1.54, 1.807) is 30.2 Å². The molecule has 0 atom stereocenters. The summed E-state index contributed by atoms with van der Waals surface area (Å²) in [6, 6.07) is 7.34. The predicted octanol–water partition coefficient (Wildman–Crippen LogP) is 2.85. The first kappa shape index (κ1) is 14.1. The minimum atomic E-state index is 0.574. The van der Waals surface area contributed by atoms with Gasteiger partial charge in [-0.3, -0.25) is 0 Å². The van der Waals surface area contributed by atoms with Gasteiger partial charge in [0.2, 0.25) is 11.7 Å². The van der Waals surface area contributed by atoms with Crippen LogP contribution in [0.1, 0.15) is 5.89 Å². The van der Waals surface area contributed by atoms with E-state index < -0.39 is 0 Å². The molecule has 0 N–H and O–H groups in total. The molecule has 3 rings (SSSR count). The number of halogens is 1. The van der Waals surface area contributed by atoms with Crippen molar-refractivity contribution in [1.29, 1.82) is 0 Å². The summed E-state index contributed by atoms with van der Waals surface area (Å²) in [5.41, 5.74) is 0.885. The van der Waals surface area contributed by atoms with Gasteiger partial charge in [0.05, 0.1) is 0 Å². The Morgan fingerprint density at radius 2 is 2.10 bits per heavy atom. The van der Waals surface area contributed by atoms with Crippen molar-refractivity contribution in [1.82, 2.24) is 24.9 Å². The number of rotatable bonds is 5. The third-order valence-electron chi connectivity index (χ3n) is 2.79. The van der Waals surface area contributed by atoms with Crippen LogP contribution in [0.3, 0.4) is 0 Å². The lowest BCUT2D eigenvalue weighted by molar-refractivity contribution is 0.383. The summed E-state index contributed by atoms with van der Waals surface area (Å²) >= 11 is 7.45. The molecule has 2 aromatic heterocycles. The van der Waals surface area contributed by atoms with E-state index in [1.807, 2.05) is 23.7 Å². The fraction of sp³-hybridized carbons (Fsp3) is 0.231. The standard InChI is InChI=1S/C13H12ClN5OS/c1-19-8-15-17-13(19)21-7-6-11-16-12(18-20-11)9-2-4-10(14)5-3-9/h2-5,8H,6-7H2,1H3. The first-order chi connectivity index (χ1) is 10.2. The minimum Gasteiger partial charge on any atom is -0.339 e. The van der Waals surface area contributed by atoms with Crippen LogP contribution in [0.25, 0.3) is 11.4 Å². The van der Waals surface area contributed by atoms with Crippen molar-refractivity contribution in [2.24, 2.45) is 7.05 Å². The largest absolute Gasteiger partial charge is 0.339 e. The molecule has 0 aliphatic heterocycles. The van der Waals surface area contributed by atoms with E-state index in [1.165, 1.54) is 0 Å². The molecule has 0 spiro atoms. The number of aromatic nitrogens is 5. The molecule has 0 aliphatic carbocycles. The van der Waals surface area contributed by atoms with Crippen molar-refractivity contribution >= 4 is 23.4 Å². The first-order valence-corrected chi connectivity index (χ1v) is 7.64. The average Bonchev–Trinajstić information content (AvgIpc) is 3.10. The van der Waals surface area contributed by atoms with Crippen LogP contribution >= 0.6 is 23.4 Å². The molecule has 8 heteroatoms. The van der Waals surface area contributed by atoms with E-state index >= 15 is 0 Å². The van der Waals surface area contributed by atoms with E-state index in [2.05, 4.69) is 20.3 Å². The van der Waals surface area contributed by atoms with Gasteiger partial charge in [0.1, 0.15) is 6.33 Å². The molecule has 2 heterocycles. The molecule has 0 saturated carbocycles. The van der Waals surface area contributed by atoms with Crippen LogP contribution < -0.4 is 0 Å². The predicted molar refractivity (Wildman–Crippen MR) is 80.2 cm³/mol. The summed E-state index contributed by atoms with van der Waals surface area (Å²) in [6.07, 6.45) is 2.35. The molecule has 1 aromatic carbocycles. The summed E-state index contributed by atoms with van der Waals surface area (Å²) in [7, 11) is 1.91. The van der Waals surface area contributed by atoms with Crippen LogP contribution in [0.2, 0.25) is 5.02 Å². The second-order valence-corrected chi connectivity index (χ2v) is 5.84. The number of thioether (sulfide) groups is 1. The molecule has 21 heavy (non-hydrogen) atoms. The summed E-state index contributed by atoms with van der Waals surface area (Å²) in [5, 5.41) is 13.4. The minimum absolute atomic E-state index is 0.574. The van der Waals surface area contributed by atoms with Gasteiger partial charge in [-0.1, -0.05) is 28.5 Å². The van der Waals surface area contributed by atoms with Crippen molar-refractivity contribution < 1.29 is 4.52 Å². The molecule has 0 aliphatic rings. The molecule has 0 amide bonds. The Balaban J connectivity index is 1.60. The van der Waals surface area contributed by atoms with Gasteiger partial charge in [0.15, 0.2) is 5.16 Å². The zero-order chi connectivity index (χ0) is 14.7. The van der Waals surface area contributed by atoms with E-state index in [4.69, 9.17) is 16.1 Å². The maximum absolute atomic E-state index is 5.85. The maximum Gasteiger partial charge on any atom is 0.227 e. The van der Waals surface area contributed by atoms with Crippen molar-refractivity contribution in [3.63, 3.8) is 0 Å². The number of aryl methyl sites for hydroxylation is 2. The molecule has 0 radical (unpaired) electrons. The second kappa shape index (κ2) is 6.28. The van der Waals surface area contributed by atoms with Crippen LogP contribution in [0.4, 0.5) is 0 Å². The summed E-state index contributed by atoms with van der Waals surface area (Å²) < 4.78 is 7.12. The molecule has 108 valence electrons. The number of hydrogen-bond donors (Lipinski definition) is 0. The summed E-state index contributed by atoms with van der Waals surface area (Å²) in [6.45, 7) is 0. The van der Waals surface area contributed by atoms with E-state index in [0.29, 0.717) is 23.2 Å².